The molecule has 1 aromatic carbocycles. The lowest BCUT2D eigenvalue weighted by Crippen LogP contribution is -1.78. The lowest BCUT2D eigenvalue weighted by Gasteiger charge is -1.94. The van der Waals surface area contributed by atoms with Crippen LogP contribution in [-0.4, -0.2) is 5.11 Å². The summed E-state index contributed by atoms with van der Waals surface area (Å²) >= 11 is 4.68. The predicted octanol–water partition coefficient (Wildman–Crippen LogP) is 3.44. The SMILES string of the molecule is N#CCc1c(O)sc2ccc(Br)cc12. The fourth-order valence-electron chi connectivity index (χ4n) is 1.36. The second-order valence-corrected chi connectivity index (χ2v) is 4.81. The third kappa shape index (κ3) is 1.49. The van der Waals surface area contributed by atoms with Crippen molar-refractivity contribution in [3.63, 3.8) is 0 Å². The van der Waals surface area contributed by atoms with Gasteiger partial charge in [-0.3, -0.25) is 0 Å². The van der Waals surface area contributed by atoms with E-state index in [2.05, 4.69) is 22.0 Å². The monoisotopic (exact) mass is 267 g/mol. The van der Waals surface area contributed by atoms with Crippen LogP contribution in [0.1, 0.15) is 5.56 Å². The molecule has 1 N–H and O–H groups in total. The topological polar surface area (TPSA) is 44.0 Å². The summed E-state index contributed by atoms with van der Waals surface area (Å²) in [7, 11) is 0. The first kappa shape index (κ1) is 9.50. The number of nitrogens with zero attached hydrogens (tertiary/aromatic N) is 1. The summed E-state index contributed by atoms with van der Waals surface area (Å²) in [6.45, 7) is 0. The van der Waals surface area contributed by atoms with Gasteiger partial charge in [0.15, 0.2) is 5.06 Å². The molecule has 0 bridgehead atoms. The van der Waals surface area contributed by atoms with E-state index in [0.717, 1.165) is 20.1 Å². The number of aromatic hydroxyl groups is 1. The van der Waals surface area contributed by atoms with Crippen molar-refractivity contribution in [2.75, 3.05) is 0 Å². The van der Waals surface area contributed by atoms with E-state index in [1.165, 1.54) is 11.3 Å². The average Bonchev–Trinajstić information content (AvgIpc) is 2.45. The molecule has 0 unspecified atom stereocenters. The molecule has 0 aliphatic carbocycles. The highest BCUT2D eigenvalue weighted by Gasteiger charge is 2.10. The average molecular weight is 268 g/mol. The minimum atomic E-state index is 0.250. The number of fused-ring (bicyclic) bond motifs is 1. The molecule has 0 aliphatic rings. The van der Waals surface area contributed by atoms with Crippen LogP contribution in [0.15, 0.2) is 22.7 Å². The van der Waals surface area contributed by atoms with Crippen molar-refractivity contribution >= 4 is 37.4 Å². The molecule has 2 nitrogen and oxygen atoms in total. The Morgan fingerprint density at radius 1 is 1.50 bits per heavy atom. The molecule has 1 aromatic heterocycles. The maximum atomic E-state index is 9.61. The van der Waals surface area contributed by atoms with Gasteiger partial charge < -0.3 is 5.11 Å². The minimum absolute atomic E-state index is 0.250. The van der Waals surface area contributed by atoms with E-state index < -0.39 is 0 Å². The summed E-state index contributed by atoms with van der Waals surface area (Å²) in [5.41, 5.74) is 0.730. The van der Waals surface area contributed by atoms with Gasteiger partial charge in [-0.05, 0) is 18.2 Å². The molecule has 2 rings (SSSR count). The van der Waals surface area contributed by atoms with Gasteiger partial charge in [-0.25, -0.2) is 0 Å². The first-order chi connectivity index (χ1) is 6.72. The summed E-state index contributed by atoms with van der Waals surface area (Å²) in [4.78, 5) is 0. The highest BCUT2D eigenvalue weighted by Crippen LogP contribution is 2.37. The van der Waals surface area contributed by atoms with Crippen LogP contribution in [0, 0.1) is 11.3 Å². The molecule has 1 heterocycles. The predicted molar refractivity (Wildman–Crippen MR) is 60.5 cm³/mol. The number of rotatable bonds is 1. The van der Waals surface area contributed by atoms with Gasteiger partial charge in [-0.1, -0.05) is 27.3 Å². The first-order valence-electron chi connectivity index (χ1n) is 3.99. The highest BCUT2D eigenvalue weighted by molar-refractivity contribution is 9.10. The molecule has 0 atom stereocenters. The number of halogens is 1. The van der Waals surface area contributed by atoms with Crippen LogP contribution < -0.4 is 0 Å². The van der Waals surface area contributed by atoms with Crippen LogP contribution in [0.3, 0.4) is 0 Å². The molecule has 0 saturated heterocycles. The van der Waals surface area contributed by atoms with Gasteiger partial charge in [-0.2, -0.15) is 5.26 Å². The zero-order valence-electron chi connectivity index (χ0n) is 7.12. The molecule has 0 spiro atoms. The van der Waals surface area contributed by atoms with Crippen LogP contribution >= 0.6 is 27.3 Å². The van der Waals surface area contributed by atoms with Crippen molar-refractivity contribution in [1.82, 2.24) is 0 Å². The van der Waals surface area contributed by atoms with Gasteiger partial charge in [0.25, 0.3) is 0 Å². The van der Waals surface area contributed by atoms with Crippen LogP contribution in [0.25, 0.3) is 10.1 Å². The van der Waals surface area contributed by atoms with Gasteiger partial charge in [-0.15, -0.1) is 0 Å². The maximum Gasteiger partial charge on any atom is 0.176 e. The summed E-state index contributed by atoms with van der Waals surface area (Å²) in [5, 5.41) is 19.4. The van der Waals surface area contributed by atoms with E-state index >= 15 is 0 Å². The Balaban J connectivity index is 2.74. The molecule has 4 heteroatoms. The van der Waals surface area contributed by atoms with Crippen molar-refractivity contribution in [3.8, 4) is 11.1 Å². The Kier molecular flexibility index (Phi) is 2.44. The molecule has 0 radical (unpaired) electrons. The van der Waals surface area contributed by atoms with Crippen LogP contribution in [0.5, 0.6) is 5.06 Å². The van der Waals surface area contributed by atoms with E-state index in [1.807, 2.05) is 18.2 Å². The van der Waals surface area contributed by atoms with Crippen molar-refractivity contribution in [2.24, 2.45) is 0 Å². The maximum absolute atomic E-state index is 9.61. The van der Waals surface area contributed by atoms with Gasteiger partial charge in [0, 0.05) is 20.1 Å². The number of thiophene rings is 1. The summed E-state index contributed by atoms with van der Waals surface area (Å²) in [6, 6.07) is 7.84. The summed E-state index contributed by atoms with van der Waals surface area (Å²) in [6.07, 6.45) is 0.252. The van der Waals surface area contributed by atoms with E-state index in [-0.39, 0.29) is 11.5 Å². The number of hydrogen-bond acceptors (Lipinski definition) is 3. The Labute approximate surface area is 93.5 Å². The first-order valence-corrected chi connectivity index (χ1v) is 5.60. The van der Waals surface area contributed by atoms with Crippen LogP contribution in [0.4, 0.5) is 0 Å². The molecular weight excluding hydrogens is 262 g/mol. The molecule has 2 aromatic rings. The van der Waals surface area contributed by atoms with Crippen molar-refractivity contribution in [1.29, 1.82) is 5.26 Å². The van der Waals surface area contributed by atoms with Crippen LogP contribution in [0.2, 0.25) is 0 Å². The Hall–Kier alpha value is -1.05. The Bertz CT molecular complexity index is 527. The number of nitriles is 1. The molecule has 0 aliphatic heterocycles. The second kappa shape index (κ2) is 3.60. The third-order valence-electron chi connectivity index (χ3n) is 1.99. The zero-order valence-corrected chi connectivity index (χ0v) is 9.52. The van der Waals surface area contributed by atoms with E-state index in [9.17, 15) is 5.11 Å². The van der Waals surface area contributed by atoms with Crippen molar-refractivity contribution in [3.05, 3.63) is 28.2 Å². The van der Waals surface area contributed by atoms with Gasteiger partial charge in [0.1, 0.15) is 0 Å². The standard InChI is InChI=1S/C10H6BrNOS/c11-6-1-2-9-8(5-6)7(3-4-12)10(13)14-9/h1-2,5,13H,3H2. The van der Waals surface area contributed by atoms with E-state index in [1.54, 1.807) is 0 Å². The fourth-order valence-corrected chi connectivity index (χ4v) is 2.66. The van der Waals surface area contributed by atoms with Gasteiger partial charge in [0.2, 0.25) is 0 Å². The Morgan fingerprint density at radius 3 is 3.00 bits per heavy atom. The lowest BCUT2D eigenvalue weighted by atomic mass is 10.1. The Morgan fingerprint density at radius 2 is 2.29 bits per heavy atom. The number of benzene rings is 1. The van der Waals surface area contributed by atoms with Crippen molar-refractivity contribution < 1.29 is 5.11 Å². The summed E-state index contributed by atoms with van der Waals surface area (Å²) < 4.78 is 1.97. The molecule has 14 heavy (non-hydrogen) atoms. The quantitative estimate of drug-likeness (QED) is 0.861. The highest BCUT2D eigenvalue weighted by atomic mass is 79.9. The molecule has 0 saturated carbocycles. The molecule has 70 valence electrons. The fraction of sp³-hybridized carbons (Fsp3) is 0.100. The summed E-state index contributed by atoms with van der Waals surface area (Å²) in [5.74, 6) is 0. The normalized spacial score (nSPS) is 10.3. The van der Waals surface area contributed by atoms with Gasteiger partial charge in [0.05, 0.1) is 12.5 Å². The second-order valence-electron chi connectivity index (χ2n) is 2.86. The molecule has 0 amide bonds. The molecule has 0 fully saturated rings. The number of hydrogen-bond donors (Lipinski definition) is 1. The van der Waals surface area contributed by atoms with E-state index in [4.69, 9.17) is 5.26 Å². The zero-order chi connectivity index (χ0) is 10.1. The lowest BCUT2D eigenvalue weighted by molar-refractivity contribution is 0.486. The van der Waals surface area contributed by atoms with Crippen molar-refractivity contribution in [2.45, 2.75) is 6.42 Å². The smallest absolute Gasteiger partial charge is 0.176 e. The van der Waals surface area contributed by atoms with Crippen LogP contribution in [-0.2, 0) is 6.42 Å². The third-order valence-corrected chi connectivity index (χ3v) is 3.50. The molecular formula is C10H6BrNOS. The van der Waals surface area contributed by atoms with E-state index in [0.29, 0.717) is 0 Å². The largest absolute Gasteiger partial charge is 0.499 e. The van der Waals surface area contributed by atoms with Gasteiger partial charge >= 0.3 is 0 Å². The minimum Gasteiger partial charge on any atom is -0.499 e.